The molecule has 0 amide bonds. The number of rotatable bonds is 13. The Labute approximate surface area is 234 Å². The number of hydrogen-bond acceptors (Lipinski definition) is 5. The Balaban J connectivity index is 1.84. The number of fused-ring (bicyclic) bond motifs is 1. The van der Waals surface area contributed by atoms with Crippen LogP contribution in [0.1, 0.15) is 52.0 Å². The highest BCUT2D eigenvalue weighted by Crippen LogP contribution is 2.39. The fraction of sp³-hybridized carbons (Fsp3) is 0.433. The highest BCUT2D eigenvalue weighted by atomic mass is 19.4. The third kappa shape index (κ3) is 9.75. The van der Waals surface area contributed by atoms with Gasteiger partial charge in [-0.3, -0.25) is 0 Å². The highest BCUT2D eigenvalue weighted by molar-refractivity contribution is 5.87. The molecule has 0 aliphatic carbocycles. The van der Waals surface area contributed by atoms with Crippen LogP contribution >= 0.6 is 0 Å². The van der Waals surface area contributed by atoms with Gasteiger partial charge in [0.25, 0.3) is 0 Å². The zero-order chi connectivity index (χ0) is 30.4. The van der Waals surface area contributed by atoms with E-state index in [1.54, 1.807) is 18.2 Å². The van der Waals surface area contributed by atoms with Crippen molar-refractivity contribution in [3.63, 3.8) is 0 Å². The minimum atomic E-state index is -4.91. The van der Waals surface area contributed by atoms with Crippen molar-refractivity contribution in [3.05, 3.63) is 60.2 Å². The van der Waals surface area contributed by atoms with E-state index in [2.05, 4.69) is 11.3 Å². The number of halogens is 6. The molecule has 0 N–H and O–H groups in total. The van der Waals surface area contributed by atoms with Crippen molar-refractivity contribution in [3.8, 4) is 22.8 Å². The van der Waals surface area contributed by atoms with E-state index in [-0.39, 0.29) is 28.2 Å². The van der Waals surface area contributed by atoms with Gasteiger partial charge in [0.05, 0.1) is 18.6 Å². The van der Waals surface area contributed by atoms with Gasteiger partial charge in [0, 0.05) is 22.4 Å². The number of hydrogen-bond donors (Lipinski definition) is 0. The minimum Gasteiger partial charge on any atom is -0.493 e. The Morgan fingerprint density at radius 1 is 0.976 bits per heavy atom. The molecule has 0 saturated heterocycles. The maximum atomic E-state index is 13.3. The lowest BCUT2D eigenvalue weighted by molar-refractivity contribution is -0.274. The quantitative estimate of drug-likeness (QED) is 0.0865. The first-order valence-electron chi connectivity index (χ1n) is 13.0. The molecule has 0 bridgehead atoms. The number of furan rings is 1. The molecule has 0 saturated carbocycles. The second-order valence-corrected chi connectivity index (χ2v) is 10.4. The predicted molar refractivity (Wildman–Crippen MR) is 142 cm³/mol. The average molecular weight is 587 g/mol. The summed E-state index contributed by atoms with van der Waals surface area (Å²) in [6.45, 7) is 7.11. The van der Waals surface area contributed by atoms with Crippen LogP contribution in [0.5, 0.6) is 11.5 Å². The van der Waals surface area contributed by atoms with Crippen LogP contribution in [-0.2, 0) is 16.0 Å². The van der Waals surface area contributed by atoms with E-state index in [1.165, 1.54) is 38.1 Å². The lowest BCUT2D eigenvalue weighted by Crippen LogP contribution is -2.36. The van der Waals surface area contributed by atoms with Crippen molar-refractivity contribution in [2.75, 3.05) is 13.2 Å². The zero-order valence-electron chi connectivity index (χ0n) is 23.0. The number of aryl methyl sites for hydroxylation is 1. The predicted octanol–water partition coefficient (Wildman–Crippen LogP) is 9.19. The van der Waals surface area contributed by atoms with Gasteiger partial charge in [0.2, 0.25) is 0 Å². The Morgan fingerprint density at radius 2 is 1.71 bits per heavy atom. The number of ether oxygens (including phenoxy) is 3. The Bertz CT molecular complexity index is 1360. The molecule has 41 heavy (non-hydrogen) atoms. The smallest absolute Gasteiger partial charge is 0.493 e. The average Bonchev–Trinajstić information content (AvgIpc) is 3.27. The molecule has 0 fully saturated rings. The Hall–Kier alpha value is -3.63. The van der Waals surface area contributed by atoms with Crippen LogP contribution in [0.25, 0.3) is 22.3 Å². The summed E-state index contributed by atoms with van der Waals surface area (Å²) < 4.78 is 100. The first kappa shape index (κ1) is 31.9. The maximum absolute atomic E-state index is 13.3. The number of carbonyl (C=O) groups excluding carboxylic acids is 1. The van der Waals surface area contributed by atoms with Crippen molar-refractivity contribution in [2.45, 2.75) is 65.4 Å². The fourth-order valence-electron chi connectivity index (χ4n) is 4.20. The lowest BCUT2D eigenvalue weighted by Gasteiger charge is -2.30. The summed E-state index contributed by atoms with van der Waals surface area (Å²) in [5.41, 5.74) is -0.514. The van der Waals surface area contributed by atoms with Gasteiger partial charge in [-0.1, -0.05) is 39.3 Å². The maximum Gasteiger partial charge on any atom is 0.573 e. The number of unbranched alkanes of at least 4 members (excludes halogenated alkanes) is 2. The van der Waals surface area contributed by atoms with E-state index in [0.29, 0.717) is 17.4 Å². The third-order valence-corrected chi connectivity index (χ3v) is 6.21. The summed E-state index contributed by atoms with van der Waals surface area (Å²) in [6.07, 6.45) is -7.39. The molecular formula is C30H32F6O5. The number of esters is 1. The van der Waals surface area contributed by atoms with Crippen molar-refractivity contribution in [2.24, 2.45) is 5.41 Å². The van der Waals surface area contributed by atoms with E-state index in [1.807, 2.05) is 6.92 Å². The minimum absolute atomic E-state index is 0.0503. The molecule has 3 aromatic rings. The van der Waals surface area contributed by atoms with Gasteiger partial charge in [-0.05, 0) is 55.7 Å². The summed E-state index contributed by atoms with van der Waals surface area (Å²) in [4.78, 5) is 11.7. The van der Waals surface area contributed by atoms with Gasteiger partial charge in [-0.2, -0.15) is 13.2 Å². The van der Waals surface area contributed by atoms with E-state index >= 15 is 0 Å². The topological polar surface area (TPSA) is 57.9 Å². The molecule has 1 atom stereocenters. The van der Waals surface area contributed by atoms with E-state index < -0.39 is 49.3 Å². The molecule has 224 valence electrons. The van der Waals surface area contributed by atoms with Crippen molar-refractivity contribution in [1.29, 1.82) is 0 Å². The fourth-order valence-corrected chi connectivity index (χ4v) is 4.20. The van der Waals surface area contributed by atoms with Gasteiger partial charge < -0.3 is 18.6 Å². The normalized spacial score (nSPS) is 13.6. The molecule has 1 aromatic heterocycles. The molecule has 0 spiro atoms. The number of benzene rings is 2. The van der Waals surface area contributed by atoms with E-state index in [0.717, 1.165) is 19.3 Å². The van der Waals surface area contributed by atoms with E-state index in [9.17, 15) is 31.1 Å². The van der Waals surface area contributed by atoms with Crippen molar-refractivity contribution in [1.82, 2.24) is 0 Å². The van der Waals surface area contributed by atoms with Crippen LogP contribution < -0.4 is 9.47 Å². The number of carbonyl (C=O) groups is 1. The zero-order valence-corrected chi connectivity index (χ0v) is 23.0. The van der Waals surface area contributed by atoms with Crippen LogP contribution in [-0.4, -0.2) is 31.7 Å². The molecule has 2 aromatic carbocycles. The van der Waals surface area contributed by atoms with E-state index in [4.69, 9.17) is 13.9 Å². The molecule has 0 radical (unpaired) electrons. The molecule has 11 heteroatoms. The molecule has 5 nitrogen and oxygen atoms in total. The number of alkyl halides is 6. The summed E-state index contributed by atoms with van der Waals surface area (Å²) in [7, 11) is 0. The van der Waals surface area contributed by atoms with Crippen molar-refractivity contribution >= 4 is 16.9 Å². The van der Waals surface area contributed by atoms with Crippen LogP contribution in [0.2, 0.25) is 0 Å². The third-order valence-electron chi connectivity index (χ3n) is 6.21. The summed E-state index contributed by atoms with van der Waals surface area (Å²) in [5.74, 6) is -0.929. The first-order valence-corrected chi connectivity index (χ1v) is 13.0. The first-order chi connectivity index (χ1) is 19.1. The summed E-state index contributed by atoms with van der Waals surface area (Å²) in [5, 5.41) is 0.533. The Morgan fingerprint density at radius 3 is 2.34 bits per heavy atom. The summed E-state index contributed by atoms with van der Waals surface area (Å²) in [6, 6.07) is 10.6. The van der Waals surface area contributed by atoms with Gasteiger partial charge in [-0.15, -0.1) is 13.2 Å². The van der Waals surface area contributed by atoms with Gasteiger partial charge in [0.15, 0.2) is 0 Å². The standard InChI is InChI=1S/C30H32F6O5/c1-5-6-7-8-20-9-12-23(26(13-20)41-30(34,35)36)25-14-21-10-11-22(15-24(21)40-25)38-17-28(4,16-29(31,32)33)18-39-27(37)19(2)3/h9-15H,2,5-8,16-18H2,1,3-4H3. The van der Waals surface area contributed by atoms with Gasteiger partial charge in [0.1, 0.15) is 29.4 Å². The Kier molecular flexibility index (Phi) is 10.0. The molecule has 0 aliphatic rings. The molecule has 1 unspecified atom stereocenters. The largest absolute Gasteiger partial charge is 0.573 e. The molecule has 1 heterocycles. The SMILES string of the molecule is C=C(C)C(=O)OCC(C)(COc1ccc2cc(-c3ccc(CCCCC)cc3OC(F)(F)F)oc2c1)CC(F)(F)F. The van der Waals surface area contributed by atoms with Crippen molar-refractivity contribution < 1.29 is 49.8 Å². The van der Waals surface area contributed by atoms with Crippen LogP contribution in [0, 0.1) is 5.41 Å². The highest BCUT2D eigenvalue weighted by Gasteiger charge is 2.41. The molecule has 3 rings (SSSR count). The lowest BCUT2D eigenvalue weighted by atomic mass is 9.88. The van der Waals surface area contributed by atoms with Gasteiger partial charge >= 0.3 is 18.5 Å². The van der Waals surface area contributed by atoms with Crippen LogP contribution in [0.15, 0.2) is 59.0 Å². The molecular weight excluding hydrogens is 554 g/mol. The van der Waals surface area contributed by atoms with Gasteiger partial charge in [-0.25, -0.2) is 4.79 Å². The van der Waals surface area contributed by atoms with Crippen LogP contribution in [0.3, 0.4) is 0 Å². The van der Waals surface area contributed by atoms with Crippen LogP contribution in [0.4, 0.5) is 26.3 Å². The second kappa shape index (κ2) is 12.9. The monoisotopic (exact) mass is 586 g/mol. The second-order valence-electron chi connectivity index (χ2n) is 10.4. The molecule has 0 aliphatic heterocycles. The summed E-state index contributed by atoms with van der Waals surface area (Å²) >= 11 is 0.